The summed E-state index contributed by atoms with van der Waals surface area (Å²) in [4.78, 5) is 0. The first-order valence-electron chi connectivity index (χ1n) is 8.30. The van der Waals surface area contributed by atoms with Gasteiger partial charge in [0, 0.05) is 0 Å². The zero-order valence-corrected chi connectivity index (χ0v) is 13.9. The van der Waals surface area contributed by atoms with Crippen molar-refractivity contribution in [2.45, 2.75) is 80.6 Å². The zero-order chi connectivity index (χ0) is 13.9. The van der Waals surface area contributed by atoms with Gasteiger partial charge in [-0.3, -0.25) is 0 Å². The first-order chi connectivity index (χ1) is 8.30. The van der Waals surface area contributed by atoms with Crippen LogP contribution in [0.25, 0.3) is 0 Å². The average Bonchev–Trinajstić information content (AvgIpc) is 2.21. The Labute approximate surface area is 116 Å². The second-order valence-electron chi connectivity index (χ2n) is 7.92. The highest BCUT2D eigenvalue weighted by molar-refractivity contribution is 4.91. The molecule has 1 rings (SSSR count). The summed E-state index contributed by atoms with van der Waals surface area (Å²) in [7, 11) is 0. The molecule has 0 aliphatic heterocycles. The summed E-state index contributed by atoms with van der Waals surface area (Å²) in [5, 5.41) is 0. The third kappa shape index (κ3) is 3.52. The predicted octanol–water partition coefficient (Wildman–Crippen LogP) is 6.16. The van der Waals surface area contributed by atoms with Gasteiger partial charge in [-0.05, 0) is 41.4 Å². The molecule has 0 aromatic carbocycles. The Balaban J connectivity index is 2.79. The van der Waals surface area contributed by atoms with Gasteiger partial charge in [0.05, 0.1) is 0 Å². The minimum absolute atomic E-state index is 0.505. The fraction of sp³-hybridized carbons (Fsp3) is 1.00. The maximum Gasteiger partial charge on any atom is -0.0295 e. The van der Waals surface area contributed by atoms with Gasteiger partial charge in [-0.25, -0.2) is 0 Å². The molecular formula is C18H36. The summed E-state index contributed by atoms with van der Waals surface area (Å²) >= 11 is 0. The van der Waals surface area contributed by atoms with Gasteiger partial charge in [0.25, 0.3) is 0 Å². The Morgan fingerprint density at radius 3 is 1.94 bits per heavy atom. The van der Waals surface area contributed by atoms with Crippen LogP contribution in [0.15, 0.2) is 0 Å². The first-order valence-corrected chi connectivity index (χ1v) is 8.30. The van der Waals surface area contributed by atoms with E-state index in [2.05, 4.69) is 48.5 Å². The quantitative estimate of drug-likeness (QED) is 0.509. The first kappa shape index (κ1) is 16.1. The highest BCUT2D eigenvalue weighted by atomic mass is 14.5. The lowest BCUT2D eigenvalue weighted by molar-refractivity contribution is 0.00984. The summed E-state index contributed by atoms with van der Waals surface area (Å²) in [6.07, 6.45) is 7.18. The van der Waals surface area contributed by atoms with Crippen molar-refractivity contribution in [1.82, 2.24) is 0 Å². The van der Waals surface area contributed by atoms with Crippen LogP contribution in [0.5, 0.6) is 0 Å². The van der Waals surface area contributed by atoms with Gasteiger partial charge in [-0.2, -0.15) is 0 Å². The van der Waals surface area contributed by atoms with E-state index in [1.807, 2.05) is 0 Å². The van der Waals surface area contributed by atoms with E-state index in [1.165, 1.54) is 32.1 Å². The lowest BCUT2D eigenvalue weighted by Gasteiger charge is -2.48. The van der Waals surface area contributed by atoms with E-state index < -0.39 is 0 Å². The Hall–Kier alpha value is 0. The highest BCUT2D eigenvalue weighted by Crippen LogP contribution is 2.50. The number of hydrogen-bond donors (Lipinski definition) is 0. The van der Waals surface area contributed by atoms with Crippen molar-refractivity contribution in [1.29, 1.82) is 0 Å². The molecule has 1 saturated carbocycles. The maximum atomic E-state index is 2.55. The van der Waals surface area contributed by atoms with E-state index >= 15 is 0 Å². The zero-order valence-electron chi connectivity index (χ0n) is 13.9. The van der Waals surface area contributed by atoms with Gasteiger partial charge in [0.2, 0.25) is 0 Å². The topological polar surface area (TPSA) is 0 Å². The smallest absolute Gasteiger partial charge is 0.0295 e. The molecule has 0 heteroatoms. The molecule has 3 atom stereocenters. The second kappa shape index (κ2) is 6.44. The third-order valence-electron chi connectivity index (χ3n) is 6.04. The van der Waals surface area contributed by atoms with Crippen LogP contribution >= 0.6 is 0 Å². The maximum absolute atomic E-state index is 2.55. The Morgan fingerprint density at radius 2 is 1.61 bits per heavy atom. The molecule has 1 aliphatic rings. The molecule has 108 valence electrons. The molecule has 3 unspecified atom stereocenters. The van der Waals surface area contributed by atoms with E-state index in [0.29, 0.717) is 5.41 Å². The van der Waals surface area contributed by atoms with Crippen molar-refractivity contribution < 1.29 is 0 Å². The third-order valence-corrected chi connectivity index (χ3v) is 6.04. The molecular weight excluding hydrogens is 216 g/mol. The molecule has 0 amide bonds. The van der Waals surface area contributed by atoms with Crippen molar-refractivity contribution in [2.75, 3.05) is 0 Å². The SMILES string of the molecule is CCC(C)C(CC(C)C)C(C)(C)C(C)C1CCC1. The number of rotatable bonds is 7. The summed E-state index contributed by atoms with van der Waals surface area (Å²) < 4.78 is 0. The van der Waals surface area contributed by atoms with Crippen LogP contribution in [0.4, 0.5) is 0 Å². The van der Waals surface area contributed by atoms with Gasteiger partial charge in [0.15, 0.2) is 0 Å². The van der Waals surface area contributed by atoms with Crippen molar-refractivity contribution in [3.63, 3.8) is 0 Å². The fourth-order valence-electron chi connectivity index (χ4n) is 3.95. The molecule has 0 nitrogen and oxygen atoms in total. The molecule has 0 radical (unpaired) electrons. The van der Waals surface area contributed by atoms with E-state index in [1.54, 1.807) is 0 Å². The fourth-order valence-corrected chi connectivity index (χ4v) is 3.95. The van der Waals surface area contributed by atoms with Crippen molar-refractivity contribution in [3.05, 3.63) is 0 Å². The van der Waals surface area contributed by atoms with Crippen LogP contribution in [0, 0.1) is 35.0 Å². The normalized spacial score (nSPS) is 22.7. The van der Waals surface area contributed by atoms with Crippen molar-refractivity contribution in [3.8, 4) is 0 Å². The van der Waals surface area contributed by atoms with E-state index in [4.69, 9.17) is 0 Å². The summed E-state index contributed by atoms with van der Waals surface area (Å²) in [5.41, 5.74) is 0.505. The van der Waals surface area contributed by atoms with Gasteiger partial charge < -0.3 is 0 Å². The highest BCUT2D eigenvalue weighted by Gasteiger charge is 2.41. The summed E-state index contributed by atoms with van der Waals surface area (Å²) in [6, 6.07) is 0. The largest absolute Gasteiger partial charge is 0.0651 e. The summed E-state index contributed by atoms with van der Waals surface area (Å²) in [6.45, 7) is 17.2. The Morgan fingerprint density at radius 1 is 1.06 bits per heavy atom. The van der Waals surface area contributed by atoms with Crippen LogP contribution in [0.1, 0.15) is 80.6 Å². The monoisotopic (exact) mass is 252 g/mol. The van der Waals surface area contributed by atoms with Gasteiger partial charge in [-0.15, -0.1) is 0 Å². The standard InChI is InChI=1S/C18H36/c1-8-14(4)17(12-13(2)3)18(6,7)15(5)16-10-9-11-16/h13-17H,8-12H2,1-7H3. The van der Waals surface area contributed by atoms with Crippen LogP contribution in [-0.2, 0) is 0 Å². The van der Waals surface area contributed by atoms with E-state index in [0.717, 1.165) is 29.6 Å². The molecule has 0 spiro atoms. The Bertz CT molecular complexity index is 234. The minimum Gasteiger partial charge on any atom is -0.0651 e. The predicted molar refractivity (Wildman–Crippen MR) is 82.7 cm³/mol. The van der Waals surface area contributed by atoms with E-state index in [9.17, 15) is 0 Å². The van der Waals surface area contributed by atoms with Crippen LogP contribution in [-0.4, -0.2) is 0 Å². The molecule has 0 saturated heterocycles. The van der Waals surface area contributed by atoms with E-state index in [-0.39, 0.29) is 0 Å². The van der Waals surface area contributed by atoms with Crippen LogP contribution in [0.2, 0.25) is 0 Å². The second-order valence-corrected chi connectivity index (χ2v) is 7.92. The molecule has 0 heterocycles. The number of hydrogen-bond acceptors (Lipinski definition) is 0. The molecule has 0 aromatic rings. The molecule has 1 aliphatic carbocycles. The molecule has 18 heavy (non-hydrogen) atoms. The lowest BCUT2D eigenvalue weighted by atomic mass is 9.57. The van der Waals surface area contributed by atoms with Crippen molar-refractivity contribution in [2.24, 2.45) is 35.0 Å². The van der Waals surface area contributed by atoms with Crippen molar-refractivity contribution >= 4 is 0 Å². The van der Waals surface area contributed by atoms with Crippen LogP contribution < -0.4 is 0 Å². The van der Waals surface area contributed by atoms with Gasteiger partial charge in [0.1, 0.15) is 0 Å². The Kier molecular flexibility index (Phi) is 5.74. The molecule has 0 N–H and O–H groups in total. The summed E-state index contributed by atoms with van der Waals surface area (Å²) in [5.74, 6) is 4.49. The average molecular weight is 252 g/mol. The molecule has 1 fully saturated rings. The van der Waals surface area contributed by atoms with Crippen LogP contribution in [0.3, 0.4) is 0 Å². The minimum atomic E-state index is 0.505. The van der Waals surface area contributed by atoms with Gasteiger partial charge >= 0.3 is 0 Å². The molecule has 0 bridgehead atoms. The molecule has 0 aromatic heterocycles. The van der Waals surface area contributed by atoms with Gasteiger partial charge in [-0.1, -0.05) is 74.1 Å². The lowest BCUT2D eigenvalue weighted by Crippen LogP contribution is -2.40.